The normalized spacial score (nSPS) is 10.8. The van der Waals surface area contributed by atoms with Crippen molar-refractivity contribution in [2.24, 2.45) is 0 Å². The van der Waals surface area contributed by atoms with Gasteiger partial charge in [-0.2, -0.15) is 0 Å². The second kappa shape index (κ2) is 7.39. The molecule has 1 aromatic rings. The van der Waals surface area contributed by atoms with Crippen LogP contribution in [0.2, 0.25) is 0 Å². The minimum absolute atomic E-state index is 0.447. The van der Waals surface area contributed by atoms with E-state index < -0.39 is 0 Å². The van der Waals surface area contributed by atoms with E-state index >= 15 is 0 Å². The molecule has 0 fully saturated rings. The Balaban J connectivity index is 2.20. The summed E-state index contributed by atoms with van der Waals surface area (Å²) in [6.45, 7) is 5.32. The molecular formula is C10H18N2O3. The van der Waals surface area contributed by atoms with Crippen LogP contribution in [0, 0.1) is 0 Å². The Hall–Kier alpha value is -0.910. The molecule has 86 valence electrons. The summed E-state index contributed by atoms with van der Waals surface area (Å²) >= 11 is 0. The number of hydrogen-bond donors (Lipinski definition) is 1. The van der Waals surface area contributed by atoms with Gasteiger partial charge in [0.25, 0.3) is 0 Å². The lowest BCUT2D eigenvalue weighted by Gasteiger charge is -1.98. The van der Waals surface area contributed by atoms with Gasteiger partial charge >= 0.3 is 0 Å². The molecule has 15 heavy (non-hydrogen) atoms. The second-order valence-corrected chi connectivity index (χ2v) is 3.11. The third-order valence-corrected chi connectivity index (χ3v) is 1.84. The number of rotatable bonds is 8. The van der Waals surface area contributed by atoms with Crippen molar-refractivity contribution in [3.05, 3.63) is 17.5 Å². The maximum Gasteiger partial charge on any atom is 0.162 e. The summed E-state index contributed by atoms with van der Waals surface area (Å²) in [6.07, 6.45) is 0. The van der Waals surface area contributed by atoms with Gasteiger partial charge in [-0.1, -0.05) is 12.1 Å². The summed E-state index contributed by atoms with van der Waals surface area (Å²) in [4.78, 5) is 0. The van der Waals surface area contributed by atoms with Gasteiger partial charge in [-0.15, -0.1) is 0 Å². The monoisotopic (exact) mass is 214 g/mol. The molecule has 0 saturated heterocycles. The lowest BCUT2D eigenvalue weighted by atomic mass is 10.3. The molecule has 0 aliphatic rings. The van der Waals surface area contributed by atoms with Crippen LogP contribution in [0.4, 0.5) is 0 Å². The number of hydrogen-bond acceptors (Lipinski definition) is 5. The number of nitrogens with one attached hydrogen (secondary N) is 1. The molecule has 0 bridgehead atoms. The Bertz CT molecular complexity index is 263. The molecule has 0 aromatic carbocycles. The van der Waals surface area contributed by atoms with Crippen LogP contribution in [0.15, 0.2) is 10.6 Å². The zero-order chi connectivity index (χ0) is 10.9. The van der Waals surface area contributed by atoms with Crippen molar-refractivity contribution in [1.29, 1.82) is 0 Å². The minimum atomic E-state index is 0.447. The highest BCUT2D eigenvalue weighted by Crippen LogP contribution is 2.04. The first-order valence-corrected chi connectivity index (χ1v) is 5.08. The zero-order valence-corrected chi connectivity index (χ0v) is 9.28. The van der Waals surface area contributed by atoms with Gasteiger partial charge in [-0.05, 0) is 6.54 Å². The van der Waals surface area contributed by atoms with Crippen LogP contribution < -0.4 is 5.32 Å². The molecule has 0 spiro atoms. The molecule has 5 heteroatoms. The van der Waals surface area contributed by atoms with Crippen molar-refractivity contribution in [2.75, 3.05) is 26.9 Å². The molecule has 1 heterocycles. The summed E-state index contributed by atoms with van der Waals surface area (Å²) in [5.74, 6) is 0.749. The van der Waals surface area contributed by atoms with Crippen molar-refractivity contribution in [3.63, 3.8) is 0 Å². The van der Waals surface area contributed by atoms with Crippen molar-refractivity contribution in [2.45, 2.75) is 20.1 Å². The maximum absolute atomic E-state index is 5.30. The van der Waals surface area contributed by atoms with Crippen LogP contribution in [0.5, 0.6) is 0 Å². The van der Waals surface area contributed by atoms with E-state index in [4.69, 9.17) is 14.0 Å². The summed E-state index contributed by atoms with van der Waals surface area (Å²) in [5, 5.41) is 7.07. The number of ether oxygens (including phenoxy) is 2. The molecule has 1 N–H and O–H groups in total. The van der Waals surface area contributed by atoms with Crippen molar-refractivity contribution in [1.82, 2.24) is 10.5 Å². The molecule has 5 nitrogen and oxygen atoms in total. The van der Waals surface area contributed by atoms with Gasteiger partial charge in [0.2, 0.25) is 0 Å². The van der Waals surface area contributed by atoms with E-state index in [1.54, 1.807) is 7.11 Å². The van der Waals surface area contributed by atoms with Crippen LogP contribution in [0.1, 0.15) is 18.4 Å². The quantitative estimate of drug-likeness (QED) is 0.653. The van der Waals surface area contributed by atoms with Crippen LogP contribution in [0.25, 0.3) is 0 Å². The molecule has 0 amide bonds. The molecule has 0 saturated carbocycles. The lowest BCUT2D eigenvalue weighted by Crippen LogP contribution is -2.11. The maximum atomic E-state index is 5.30. The highest BCUT2D eigenvalue weighted by molar-refractivity contribution is 5.04. The van der Waals surface area contributed by atoms with Gasteiger partial charge in [0.15, 0.2) is 5.76 Å². The largest absolute Gasteiger partial charge is 0.382 e. The smallest absolute Gasteiger partial charge is 0.162 e. The number of aromatic nitrogens is 1. The van der Waals surface area contributed by atoms with E-state index in [1.807, 2.05) is 6.07 Å². The lowest BCUT2D eigenvalue weighted by molar-refractivity contribution is 0.0514. The standard InChI is InChI=1S/C10H18N2O3/c1-3-11-7-9-6-10(15-12-9)8-14-5-4-13-2/h6,11H,3-5,7-8H2,1-2H3. The fourth-order valence-electron chi connectivity index (χ4n) is 1.08. The van der Waals surface area contributed by atoms with E-state index in [0.717, 1.165) is 24.5 Å². The Morgan fingerprint density at radius 1 is 1.47 bits per heavy atom. The van der Waals surface area contributed by atoms with Crippen LogP contribution >= 0.6 is 0 Å². The third kappa shape index (κ3) is 4.92. The van der Waals surface area contributed by atoms with Crippen LogP contribution in [-0.2, 0) is 22.6 Å². The van der Waals surface area contributed by atoms with E-state index in [1.165, 1.54) is 0 Å². The van der Waals surface area contributed by atoms with Gasteiger partial charge in [0.05, 0.1) is 18.9 Å². The summed E-state index contributed by atoms with van der Waals surface area (Å²) in [6, 6.07) is 1.90. The Kier molecular flexibility index (Phi) is 5.99. The number of methoxy groups -OCH3 is 1. The third-order valence-electron chi connectivity index (χ3n) is 1.84. The predicted octanol–water partition coefficient (Wildman–Crippen LogP) is 0.947. The van der Waals surface area contributed by atoms with Crippen molar-refractivity contribution >= 4 is 0 Å². The minimum Gasteiger partial charge on any atom is -0.382 e. The summed E-state index contributed by atoms with van der Waals surface area (Å²) in [7, 11) is 1.65. The topological polar surface area (TPSA) is 56.5 Å². The fraction of sp³-hybridized carbons (Fsp3) is 0.700. The second-order valence-electron chi connectivity index (χ2n) is 3.11. The average molecular weight is 214 g/mol. The van der Waals surface area contributed by atoms with Crippen LogP contribution in [-0.4, -0.2) is 32.0 Å². The Morgan fingerprint density at radius 2 is 2.33 bits per heavy atom. The number of nitrogens with zero attached hydrogens (tertiary/aromatic N) is 1. The van der Waals surface area contributed by atoms with Gasteiger partial charge in [-0.25, -0.2) is 0 Å². The molecule has 1 rings (SSSR count). The van der Waals surface area contributed by atoms with E-state index in [2.05, 4.69) is 17.4 Å². The highest BCUT2D eigenvalue weighted by atomic mass is 16.5. The van der Waals surface area contributed by atoms with E-state index in [0.29, 0.717) is 19.8 Å². The molecule has 0 unspecified atom stereocenters. The molecule has 0 aliphatic carbocycles. The molecule has 0 aliphatic heterocycles. The molecule has 0 radical (unpaired) electrons. The van der Waals surface area contributed by atoms with Crippen molar-refractivity contribution < 1.29 is 14.0 Å². The fourth-order valence-corrected chi connectivity index (χ4v) is 1.08. The van der Waals surface area contributed by atoms with Crippen molar-refractivity contribution in [3.8, 4) is 0 Å². The van der Waals surface area contributed by atoms with Gasteiger partial charge in [0.1, 0.15) is 6.61 Å². The van der Waals surface area contributed by atoms with E-state index in [-0.39, 0.29) is 0 Å². The first-order chi connectivity index (χ1) is 7.36. The molecule has 1 aromatic heterocycles. The highest BCUT2D eigenvalue weighted by Gasteiger charge is 2.03. The predicted molar refractivity (Wildman–Crippen MR) is 55.4 cm³/mol. The Morgan fingerprint density at radius 3 is 3.07 bits per heavy atom. The van der Waals surface area contributed by atoms with Gasteiger partial charge in [-0.3, -0.25) is 0 Å². The van der Waals surface area contributed by atoms with Gasteiger partial charge in [0, 0.05) is 19.7 Å². The van der Waals surface area contributed by atoms with Crippen LogP contribution in [0.3, 0.4) is 0 Å². The summed E-state index contributed by atoms with van der Waals surface area (Å²) < 4.78 is 15.2. The van der Waals surface area contributed by atoms with E-state index in [9.17, 15) is 0 Å². The van der Waals surface area contributed by atoms with Gasteiger partial charge < -0.3 is 19.3 Å². The summed E-state index contributed by atoms with van der Waals surface area (Å²) in [5.41, 5.74) is 0.905. The molecule has 0 atom stereocenters. The SMILES string of the molecule is CCNCc1cc(COCCOC)on1. The zero-order valence-electron chi connectivity index (χ0n) is 9.28. The first kappa shape index (κ1) is 12.2. The first-order valence-electron chi connectivity index (χ1n) is 5.08. The molecular weight excluding hydrogens is 196 g/mol. The Labute approximate surface area is 89.7 Å². The average Bonchev–Trinajstić information content (AvgIpc) is 2.69.